The molecule has 2 atom stereocenters. The molecule has 0 aromatic heterocycles. The number of primary amides is 1. The Balaban J connectivity index is 3.85. The fourth-order valence-electron chi connectivity index (χ4n) is 1.74. The van der Waals surface area contributed by atoms with E-state index < -0.39 is 0 Å². The summed E-state index contributed by atoms with van der Waals surface area (Å²) in [4.78, 5) is 23.0. The highest BCUT2D eigenvalue weighted by atomic mass is 32.2. The molecule has 112 valence electrons. The summed E-state index contributed by atoms with van der Waals surface area (Å²) in [7, 11) is 0. The van der Waals surface area contributed by atoms with Crippen molar-refractivity contribution in [3.8, 4) is 0 Å². The van der Waals surface area contributed by atoms with Gasteiger partial charge in [0.25, 0.3) is 0 Å². The minimum Gasteiger partial charge on any atom is -0.369 e. The molecule has 0 heterocycles. The Morgan fingerprint density at radius 3 is 2.47 bits per heavy atom. The molecule has 4 nitrogen and oxygen atoms in total. The van der Waals surface area contributed by atoms with E-state index in [-0.39, 0.29) is 23.7 Å². The van der Waals surface area contributed by atoms with Crippen LogP contribution in [0.3, 0.4) is 0 Å². The minimum absolute atomic E-state index is 0.0479. The Labute approximate surface area is 121 Å². The molecule has 3 N–H and O–H groups in total. The largest absolute Gasteiger partial charge is 0.369 e. The standard InChI is InChI=1S/C14H28N2O2S/c1-4-6-8-19-9-7-16-14(18)12(5-2)10-11(3)13(15)17/h11-12H,4-10H2,1-3H3,(H2,15,17)(H,16,18). The first-order valence-corrected chi connectivity index (χ1v) is 8.33. The highest BCUT2D eigenvalue weighted by Crippen LogP contribution is 2.15. The molecule has 0 fully saturated rings. The van der Waals surface area contributed by atoms with Gasteiger partial charge in [-0.1, -0.05) is 27.2 Å². The van der Waals surface area contributed by atoms with Crippen LogP contribution in [0.2, 0.25) is 0 Å². The first-order valence-electron chi connectivity index (χ1n) is 7.17. The predicted molar refractivity (Wildman–Crippen MR) is 82.0 cm³/mol. The van der Waals surface area contributed by atoms with Crippen molar-refractivity contribution in [3.63, 3.8) is 0 Å². The molecule has 0 aromatic rings. The third-order valence-corrected chi connectivity index (χ3v) is 4.25. The van der Waals surface area contributed by atoms with Crippen LogP contribution in [0, 0.1) is 11.8 Å². The lowest BCUT2D eigenvalue weighted by molar-refractivity contribution is -0.126. The normalized spacial score (nSPS) is 13.8. The number of carbonyl (C=O) groups is 2. The first-order chi connectivity index (χ1) is 9.02. The van der Waals surface area contributed by atoms with E-state index in [2.05, 4.69) is 12.2 Å². The molecular formula is C14H28N2O2S. The number of nitrogens with one attached hydrogen (secondary N) is 1. The van der Waals surface area contributed by atoms with Crippen LogP contribution >= 0.6 is 11.8 Å². The average Bonchev–Trinajstić information content (AvgIpc) is 2.39. The number of hydrogen-bond acceptors (Lipinski definition) is 3. The van der Waals surface area contributed by atoms with Crippen molar-refractivity contribution in [2.75, 3.05) is 18.1 Å². The number of hydrogen-bond donors (Lipinski definition) is 2. The summed E-state index contributed by atoms with van der Waals surface area (Å²) in [5, 5.41) is 2.94. The Morgan fingerprint density at radius 1 is 1.26 bits per heavy atom. The van der Waals surface area contributed by atoms with Crippen LogP contribution in [0.1, 0.15) is 46.5 Å². The van der Waals surface area contributed by atoms with E-state index in [0.29, 0.717) is 13.0 Å². The van der Waals surface area contributed by atoms with Gasteiger partial charge in [0.05, 0.1) is 0 Å². The number of rotatable bonds is 11. The quantitative estimate of drug-likeness (QED) is 0.572. The van der Waals surface area contributed by atoms with E-state index in [4.69, 9.17) is 5.73 Å². The maximum Gasteiger partial charge on any atom is 0.223 e. The third-order valence-electron chi connectivity index (χ3n) is 3.18. The van der Waals surface area contributed by atoms with Gasteiger partial charge in [-0.3, -0.25) is 9.59 Å². The summed E-state index contributed by atoms with van der Waals surface area (Å²) >= 11 is 1.87. The highest BCUT2D eigenvalue weighted by molar-refractivity contribution is 7.99. The van der Waals surface area contributed by atoms with Crippen LogP contribution in [-0.4, -0.2) is 29.9 Å². The summed E-state index contributed by atoms with van der Waals surface area (Å²) in [5.41, 5.74) is 5.23. The molecule has 2 amide bonds. The number of carbonyl (C=O) groups excluding carboxylic acids is 2. The molecule has 0 aliphatic rings. The van der Waals surface area contributed by atoms with Gasteiger partial charge in [-0.05, 0) is 25.0 Å². The van der Waals surface area contributed by atoms with Gasteiger partial charge in [0.1, 0.15) is 0 Å². The Hall–Kier alpha value is -0.710. The monoisotopic (exact) mass is 288 g/mol. The van der Waals surface area contributed by atoms with Crippen molar-refractivity contribution in [2.24, 2.45) is 17.6 Å². The number of nitrogens with two attached hydrogens (primary N) is 1. The second kappa shape index (κ2) is 11.1. The van der Waals surface area contributed by atoms with Crippen LogP contribution in [0.4, 0.5) is 0 Å². The second-order valence-electron chi connectivity index (χ2n) is 4.90. The fraction of sp³-hybridized carbons (Fsp3) is 0.857. The molecule has 0 rings (SSSR count). The van der Waals surface area contributed by atoms with E-state index in [1.54, 1.807) is 6.92 Å². The molecule has 0 spiro atoms. The van der Waals surface area contributed by atoms with Gasteiger partial charge in [-0.2, -0.15) is 11.8 Å². The van der Waals surface area contributed by atoms with Gasteiger partial charge < -0.3 is 11.1 Å². The van der Waals surface area contributed by atoms with Crippen LogP contribution in [0.15, 0.2) is 0 Å². The minimum atomic E-state index is -0.332. The van der Waals surface area contributed by atoms with E-state index in [0.717, 1.165) is 17.9 Å². The fourth-order valence-corrected chi connectivity index (χ4v) is 2.68. The number of unbranched alkanes of at least 4 members (excludes halogenated alkanes) is 1. The maximum absolute atomic E-state index is 11.9. The molecule has 19 heavy (non-hydrogen) atoms. The summed E-state index contributed by atoms with van der Waals surface area (Å²) in [6, 6.07) is 0. The Bertz CT molecular complexity index is 272. The summed E-state index contributed by atoms with van der Waals surface area (Å²) in [5.74, 6) is 1.47. The molecule has 0 aliphatic heterocycles. The van der Waals surface area contributed by atoms with Gasteiger partial charge in [0.2, 0.25) is 11.8 Å². The lowest BCUT2D eigenvalue weighted by Gasteiger charge is -2.17. The highest BCUT2D eigenvalue weighted by Gasteiger charge is 2.21. The van der Waals surface area contributed by atoms with E-state index in [1.165, 1.54) is 12.8 Å². The third kappa shape index (κ3) is 8.92. The number of amides is 2. The molecule has 5 heteroatoms. The Morgan fingerprint density at radius 2 is 1.95 bits per heavy atom. The van der Waals surface area contributed by atoms with Gasteiger partial charge in [-0.15, -0.1) is 0 Å². The van der Waals surface area contributed by atoms with Crippen molar-refractivity contribution in [1.82, 2.24) is 5.32 Å². The maximum atomic E-state index is 11.9. The molecule has 0 radical (unpaired) electrons. The van der Waals surface area contributed by atoms with Gasteiger partial charge in [0.15, 0.2) is 0 Å². The lowest BCUT2D eigenvalue weighted by atomic mass is 9.92. The van der Waals surface area contributed by atoms with Crippen molar-refractivity contribution < 1.29 is 9.59 Å². The van der Waals surface area contributed by atoms with Crippen molar-refractivity contribution in [1.29, 1.82) is 0 Å². The van der Waals surface area contributed by atoms with Gasteiger partial charge >= 0.3 is 0 Å². The van der Waals surface area contributed by atoms with E-state index in [9.17, 15) is 9.59 Å². The number of thioether (sulfide) groups is 1. The van der Waals surface area contributed by atoms with E-state index >= 15 is 0 Å². The molecule has 0 bridgehead atoms. The summed E-state index contributed by atoms with van der Waals surface area (Å²) < 4.78 is 0. The zero-order valence-corrected chi connectivity index (χ0v) is 13.2. The van der Waals surface area contributed by atoms with Crippen molar-refractivity contribution in [2.45, 2.75) is 46.5 Å². The van der Waals surface area contributed by atoms with Crippen molar-refractivity contribution >= 4 is 23.6 Å². The Kier molecular flexibility index (Phi) is 10.7. The summed E-state index contributed by atoms with van der Waals surface area (Å²) in [6.07, 6.45) is 3.72. The summed E-state index contributed by atoms with van der Waals surface area (Å²) in [6.45, 7) is 6.62. The molecule has 0 saturated carbocycles. The second-order valence-corrected chi connectivity index (χ2v) is 6.13. The van der Waals surface area contributed by atoms with Crippen LogP contribution < -0.4 is 11.1 Å². The van der Waals surface area contributed by atoms with Gasteiger partial charge in [-0.25, -0.2) is 0 Å². The molecule has 0 saturated heterocycles. The lowest BCUT2D eigenvalue weighted by Crippen LogP contribution is -2.34. The molecule has 0 aromatic carbocycles. The predicted octanol–water partition coefficient (Wildman–Crippen LogP) is 2.17. The zero-order valence-electron chi connectivity index (χ0n) is 12.4. The first kappa shape index (κ1) is 18.3. The zero-order chi connectivity index (χ0) is 14.7. The SMILES string of the molecule is CCCCSCCNC(=O)C(CC)CC(C)C(N)=O. The molecular weight excluding hydrogens is 260 g/mol. The topological polar surface area (TPSA) is 72.2 Å². The van der Waals surface area contributed by atoms with Crippen LogP contribution in [-0.2, 0) is 9.59 Å². The smallest absolute Gasteiger partial charge is 0.223 e. The van der Waals surface area contributed by atoms with Crippen molar-refractivity contribution in [3.05, 3.63) is 0 Å². The van der Waals surface area contributed by atoms with Crippen LogP contribution in [0.5, 0.6) is 0 Å². The molecule has 0 aliphatic carbocycles. The van der Waals surface area contributed by atoms with Crippen LogP contribution in [0.25, 0.3) is 0 Å². The van der Waals surface area contributed by atoms with E-state index in [1.807, 2.05) is 18.7 Å². The molecule has 2 unspecified atom stereocenters. The average molecular weight is 288 g/mol. The van der Waals surface area contributed by atoms with Gasteiger partial charge in [0, 0.05) is 24.1 Å².